The molecule has 0 spiro atoms. The number of carbonyl (C=O) groups excluding carboxylic acids is 1. The van der Waals surface area contributed by atoms with E-state index in [4.69, 9.17) is 4.74 Å². The minimum absolute atomic E-state index is 0.0653. The maximum Gasteiger partial charge on any atom is 0.163 e. The van der Waals surface area contributed by atoms with Crippen molar-refractivity contribution in [2.45, 2.75) is 13.8 Å². The Kier molecular flexibility index (Phi) is 2.76. The molecule has 2 aromatic carbocycles. The molecule has 0 aliphatic rings. The molecular weight excluding hydrogens is 216 g/mol. The summed E-state index contributed by atoms with van der Waals surface area (Å²) in [6.45, 7) is 3.36. The Morgan fingerprint density at radius 1 is 1.35 bits per heavy atom. The number of hydrogen-bond acceptors (Lipinski definition) is 3. The number of phenols is 1. The molecule has 0 atom stereocenters. The van der Waals surface area contributed by atoms with Crippen molar-refractivity contribution < 1.29 is 14.6 Å². The van der Waals surface area contributed by atoms with Crippen LogP contribution in [-0.2, 0) is 0 Å². The molecule has 2 aromatic rings. The number of phenolic OH excluding ortho intramolecular Hbond substituents is 1. The molecule has 0 radical (unpaired) electrons. The molecule has 0 amide bonds. The number of aromatic hydroxyl groups is 1. The number of hydrogen-bond donors (Lipinski definition) is 1. The Hall–Kier alpha value is -2.03. The zero-order valence-corrected chi connectivity index (χ0v) is 10.1. The number of Topliss-reactive ketones (excluding diaryl/α,β-unsaturated/α-hetero) is 1. The third-order valence-corrected chi connectivity index (χ3v) is 2.85. The average molecular weight is 230 g/mol. The summed E-state index contributed by atoms with van der Waals surface area (Å²) < 4.78 is 5.30. The van der Waals surface area contributed by atoms with Gasteiger partial charge in [0.1, 0.15) is 11.5 Å². The van der Waals surface area contributed by atoms with Crippen molar-refractivity contribution in [2.24, 2.45) is 0 Å². The molecule has 17 heavy (non-hydrogen) atoms. The van der Waals surface area contributed by atoms with Crippen molar-refractivity contribution in [3.8, 4) is 11.5 Å². The number of methoxy groups -OCH3 is 1. The van der Waals surface area contributed by atoms with E-state index in [0.29, 0.717) is 16.7 Å². The fourth-order valence-electron chi connectivity index (χ4n) is 2.18. The molecule has 0 aliphatic heterocycles. The van der Waals surface area contributed by atoms with Gasteiger partial charge in [-0.15, -0.1) is 0 Å². The Labute approximate surface area is 99.6 Å². The summed E-state index contributed by atoms with van der Waals surface area (Å²) in [5, 5.41) is 11.3. The fraction of sp³-hybridized carbons (Fsp3) is 0.214. The van der Waals surface area contributed by atoms with Crippen molar-refractivity contribution in [1.82, 2.24) is 0 Å². The number of aryl methyl sites for hydroxylation is 1. The van der Waals surface area contributed by atoms with E-state index in [0.717, 1.165) is 10.9 Å². The van der Waals surface area contributed by atoms with Crippen LogP contribution in [0.25, 0.3) is 10.8 Å². The van der Waals surface area contributed by atoms with Crippen LogP contribution in [0.3, 0.4) is 0 Å². The number of carbonyl (C=O) groups is 1. The highest BCUT2D eigenvalue weighted by Gasteiger charge is 2.17. The quantitative estimate of drug-likeness (QED) is 0.806. The van der Waals surface area contributed by atoms with Crippen LogP contribution in [0.15, 0.2) is 24.3 Å². The van der Waals surface area contributed by atoms with Gasteiger partial charge in [0, 0.05) is 0 Å². The van der Waals surface area contributed by atoms with Gasteiger partial charge in [-0.1, -0.05) is 18.2 Å². The highest BCUT2D eigenvalue weighted by atomic mass is 16.5. The molecule has 1 N–H and O–H groups in total. The van der Waals surface area contributed by atoms with Crippen molar-refractivity contribution in [3.05, 3.63) is 35.4 Å². The summed E-state index contributed by atoms with van der Waals surface area (Å²) in [7, 11) is 1.51. The van der Waals surface area contributed by atoms with Crippen LogP contribution < -0.4 is 4.74 Å². The SMILES string of the molecule is COc1c(C(C)=O)c(C)cc2cccc(O)c12. The van der Waals surface area contributed by atoms with E-state index >= 15 is 0 Å². The predicted molar refractivity (Wildman–Crippen MR) is 66.9 cm³/mol. The number of benzene rings is 2. The van der Waals surface area contributed by atoms with Crippen LogP contribution in [0.2, 0.25) is 0 Å². The van der Waals surface area contributed by atoms with E-state index in [-0.39, 0.29) is 11.5 Å². The van der Waals surface area contributed by atoms with Crippen molar-refractivity contribution >= 4 is 16.6 Å². The molecule has 2 rings (SSSR count). The molecule has 0 fully saturated rings. The van der Waals surface area contributed by atoms with Gasteiger partial charge in [0.05, 0.1) is 18.1 Å². The molecule has 3 heteroatoms. The van der Waals surface area contributed by atoms with Gasteiger partial charge in [0.2, 0.25) is 0 Å². The minimum atomic E-state index is -0.0653. The van der Waals surface area contributed by atoms with Gasteiger partial charge < -0.3 is 9.84 Å². The van der Waals surface area contributed by atoms with Crippen LogP contribution in [0.1, 0.15) is 22.8 Å². The summed E-state index contributed by atoms with van der Waals surface area (Å²) in [6.07, 6.45) is 0. The van der Waals surface area contributed by atoms with E-state index in [1.807, 2.05) is 19.1 Å². The van der Waals surface area contributed by atoms with E-state index in [2.05, 4.69) is 0 Å². The maximum atomic E-state index is 11.6. The van der Waals surface area contributed by atoms with Crippen molar-refractivity contribution in [1.29, 1.82) is 0 Å². The molecule has 0 saturated carbocycles. The zero-order chi connectivity index (χ0) is 12.6. The summed E-state index contributed by atoms with van der Waals surface area (Å²) in [6, 6.07) is 7.12. The van der Waals surface area contributed by atoms with Crippen LogP contribution >= 0.6 is 0 Å². The minimum Gasteiger partial charge on any atom is -0.507 e. The number of rotatable bonds is 2. The second-order valence-electron chi connectivity index (χ2n) is 4.03. The van der Waals surface area contributed by atoms with E-state index in [1.165, 1.54) is 14.0 Å². The van der Waals surface area contributed by atoms with Crippen molar-refractivity contribution in [3.63, 3.8) is 0 Å². The Bertz CT molecular complexity index is 600. The third kappa shape index (κ3) is 1.73. The molecule has 0 aromatic heterocycles. The summed E-state index contributed by atoms with van der Waals surface area (Å²) >= 11 is 0. The summed E-state index contributed by atoms with van der Waals surface area (Å²) in [5.74, 6) is 0.511. The third-order valence-electron chi connectivity index (χ3n) is 2.85. The molecule has 0 saturated heterocycles. The second-order valence-corrected chi connectivity index (χ2v) is 4.03. The molecular formula is C14H14O3. The highest BCUT2D eigenvalue weighted by molar-refractivity contribution is 6.06. The van der Waals surface area contributed by atoms with Gasteiger partial charge in [-0.2, -0.15) is 0 Å². The van der Waals surface area contributed by atoms with Gasteiger partial charge in [0.25, 0.3) is 0 Å². The topological polar surface area (TPSA) is 46.5 Å². The first-order chi connectivity index (χ1) is 8.06. The molecule has 0 aliphatic carbocycles. The van der Waals surface area contributed by atoms with Crippen LogP contribution in [0.5, 0.6) is 11.5 Å². The zero-order valence-electron chi connectivity index (χ0n) is 10.1. The number of ketones is 1. The largest absolute Gasteiger partial charge is 0.507 e. The van der Waals surface area contributed by atoms with Gasteiger partial charge in [0.15, 0.2) is 5.78 Å². The lowest BCUT2D eigenvalue weighted by atomic mass is 9.97. The van der Waals surface area contributed by atoms with Gasteiger partial charge in [-0.25, -0.2) is 0 Å². The van der Waals surface area contributed by atoms with Crippen LogP contribution in [-0.4, -0.2) is 18.0 Å². The Morgan fingerprint density at radius 2 is 2.06 bits per heavy atom. The molecule has 3 nitrogen and oxygen atoms in total. The second kappa shape index (κ2) is 4.09. The number of ether oxygens (including phenoxy) is 1. The van der Waals surface area contributed by atoms with Crippen molar-refractivity contribution in [2.75, 3.05) is 7.11 Å². The Morgan fingerprint density at radius 3 is 2.65 bits per heavy atom. The first-order valence-corrected chi connectivity index (χ1v) is 5.36. The maximum absolute atomic E-state index is 11.6. The lowest BCUT2D eigenvalue weighted by Gasteiger charge is -2.13. The normalized spacial score (nSPS) is 10.5. The van der Waals surface area contributed by atoms with E-state index in [1.54, 1.807) is 12.1 Å². The van der Waals surface area contributed by atoms with E-state index < -0.39 is 0 Å². The lowest BCUT2D eigenvalue weighted by molar-refractivity contribution is 0.101. The molecule has 0 bridgehead atoms. The van der Waals surface area contributed by atoms with Gasteiger partial charge >= 0.3 is 0 Å². The first kappa shape index (κ1) is 11.5. The average Bonchev–Trinajstić information content (AvgIpc) is 2.26. The smallest absolute Gasteiger partial charge is 0.163 e. The molecule has 88 valence electrons. The fourth-order valence-corrected chi connectivity index (χ4v) is 2.18. The first-order valence-electron chi connectivity index (χ1n) is 5.36. The Balaban J connectivity index is 2.98. The molecule has 0 unspecified atom stereocenters. The predicted octanol–water partition coefficient (Wildman–Crippen LogP) is 3.07. The van der Waals surface area contributed by atoms with E-state index in [9.17, 15) is 9.90 Å². The summed E-state index contributed by atoms with van der Waals surface area (Å²) in [4.78, 5) is 11.6. The van der Waals surface area contributed by atoms with Crippen LogP contribution in [0.4, 0.5) is 0 Å². The van der Waals surface area contributed by atoms with Gasteiger partial charge in [-0.05, 0) is 30.9 Å². The highest BCUT2D eigenvalue weighted by Crippen LogP contribution is 2.37. The monoisotopic (exact) mass is 230 g/mol. The van der Waals surface area contributed by atoms with Gasteiger partial charge in [-0.3, -0.25) is 4.79 Å². The van der Waals surface area contributed by atoms with Crippen LogP contribution in [0, 0.1) is 6.92 Å². The number of fused-ring (bicyclic) bond motifs is 1. The molecule has 0 heterocycles. The lowest BCUT2D eigenvalue weighted by Crippen LogP contribution is -2.01. The summed E-state index contributed by atoms with van der Waals surface area (Å²) in [5.41, 5.74) is 1.38. The standard InChI is InChI=1S/C14H14O3/c1-8-7-10-5-4-6-11(16)13(10)14(17-3)12(8)9(2)15/h4-7,16H,1-3H3.